The van der Waals surface area contributed by atoms with Gasteiger partial charge in [-0.2, -0.15) is 0 Å². The van der Waals surface area contributed by atoms with Gasteiger partial charge in [0.05, 0.1) is 18.0 Å². The molecule has 2 rings (SSSR count). The minimum Gasteiger partial charge on any atom is -0.496 e. The number of thiophene rings is 1. The summed E-state index contributed by atoms with van der Waals surface area (Å²) in [4.78, 5) is 0.558. The summed E-state index contributed by atoms with van der Waals surface area (Å²) in [6.45, 7) is 0. The third kappa shape index (κ3) is 2.21. The predicted molar refractivity (Wildman–Crippen MR) is 63.2 cm³/mol. The van der Waals surface area contributed by atoms with Gasteiger partial charge in [-0.3, -0.25) is 0 Å². The minimum atomic E-state index is -1.23. The Morgan fingerprint density at radius 1 is 1.17 bits per heavy atom. The van der Waals surface area contributed by atoms with Crippen molar-refractivity contribution in [2.24, 2.45) is 5.73 Å². The molecular formula is C12H10F3NOS. The summed E-state index contributed by atoms with van der Waals surface area (Å²) in [6.07, 6.45) is 0. The zero-order chi connectivity index (χ0) is 13.3. The molecule has 2 N–H and O–H groups in total. The summed E-state index contributed by atoms with van der Waals surface area (Å²) in [5, 5.41) is 1.73. The maximum absolute atomic E-state index is 13.6. The van der Waals surface area contributed by atoms with E-state index in [0.717, 1.165) is 6.07 Å². The Kier molecular flexibility index (Phi) is 3.58. The van der Waals surface area contributed by atoms with Crippen molar-refractivity contribution in [3.05, 3.63) is 51.5 Å². The number of hydrogen-bond acceptors (Lipinski definition) is 3. The molecule has 1 atom stereocenters. The fourth-order valence-corrected chi connectivity index (χ4v) is 2.50. The van der Waals surface area contributed by atoms with E-state index in [1.807, 2.05) is 0 Å². The van der Waals surface area contributed by atoms with Gasteiger partial charge < -0.3 is 10.5 Å². The molecule has 0 fully saturated rings. The van der Waals surface area contributed by atoms with Crippen LogP contribution >= 0.6 is 11.3 Å². The highest BCUT2D eigenvalue weighted by atomic mass is 32.1. The normalized spacial score (nSPS) is 12.5. The third-order valence-electron chi connectivity index (χ3n) is 2.53. The Balaban J connectivity index is 2.46. The van der Waals surface area contributed by atoms with Crippen LogP contribution in [0.3, 0.4) is 0 Å². The number of ether oxygens (including phenoxy) is 1. The van der Waals surface area contributed by atoms with Gasteiger partial charge in [0.2, 0.25) is 0 Å². The molecule has 0 radical (unpaired) electrons. The van der Waals surface area contributed by atoms with Crippen LogP contribution in [0.2, 0.25) is 0 Å². The molecule has 1 heterocycles. The zero-order valence-electron chi connectivity index (χ0n) is 9.41. The van der Waals surface area contributed by atoms with Crippen molar-refractivity contribution in [1.29, 1.82) is 0 Å². The highest BCUT2D eigenvalue weighted by Crippen LogP contribution is 2.34. The van der Waals surface area contributed by atoms with Gasteiger partial charge >= 0.3 is 0 Å². The topological polar surface area (TPSA) is 35.2 Å². The molecule has 0 saturated carbocycles. The maximum Gasteiger partial charge on any atom is 0.161 e. The lowest BCUT2D eigenvalue weighted by molar-refractivity contribution is 0.410. The van der Waals surface area contributed by atoms with E-state index in [-0.39, 0.29) is 5.56 Å². The average molecular weight is 273 g/mol. The van der Waals surface area contributed by atoms with Crippen LogP contribution in [0.1, 0.15) is 16.5 Å². The van der Waals surface area contributed by atoms with Crippen LogP contribution in [0, 0.1) is 17.5 Å². The number of rotatable bonds is 3. The van der Waals surface area contributed by atoms with E-state index in [1.54, 1.807) is 11.4 Å². The Labute approximate surface area is 106 Å². The molecular weight excluding hydrogens is 263 g/mol. The first-order chi connectivity index (χ1) is 8.54. The molecule has 0 bridgehead atoms. The van der Waals surface area contributed by atoms with Crippen molar-refractivity contribution in [1.82, 2.24) is 0 Å². The quantitative estimate of drug-likeness (QED) is 0.871. The maximum atomic E-state index is 13.6. The highest BCUT2D eigenvalue weighted by Gasteiger charge is 2.21. The van der Waals surface area contributed by atoms with Crippen LogP contribution in [0.15, 0.2) is 23.6 Å². The van der Waals surface area contributed by atoms with Crippen LogP contribution in [-0.4, -0.2) is 7.11 Å². The summed E-state index contributed by atoms with van der Waals surface area (Å²) < 4.78 is 44.6. The Hall–Kier alpha value is -1.53. The molecule has 2 nitrogen and oxygen atoms in total. The molecule has 1 aromatic heterocycles. The van der Waals surface area contributed by atoms with E-state index in [0.29, 0.717) is 16.7 Å². The summed E-state index contributed by atoms with van der Waals surface area (Å²) in [5.41, 5.74) is 5.76. The fourth-order valence-electron chi connectivity index (χ4n) is 1.62. The summed E-state index contributed by atoms with van der Waals surface area (Å²) in [5.74, 6) is -2.74. The van der Waals surface area contributed by atoms with Crippen LogP contribution < -0.4 is 10.5 Å². The molecule has 18 heavy (non-hydrogen) atoms. The monoisotopic (exact) mass is 273 g/mol. The van der Waals surface area contributed by atoms with Gasteiger partial charge in [0.15, 0.2) is 11.6 Å². The lowest BCUT2D eigenvalue weighted by atomic mass is 10.0. The molecule has 2 aromatic rings. The average Bonchev–Trinajstić information content (AvgIpc) is 2.81. The molecule has 6 heteroatoms. The van der Waals surface area contributed by atoms with E-state index >= 15 is 0 Å². The highest BCUT2D eigenvalue weighted by molar-refractivity contribution is 7.10. The molecule has 1 unspecified atom stereocenters. The zero-order valence-corrected chi connectivity index (χ0v) is 10.2. The number of benzene rings is 1. The van der Waals surface area contributed by atoms with E-state index in [1.165, 1.54) is 18.4 Å². The SMILES string of the molecule is COc1ccsc1C(N)c1cc(F)c(F)cc1F. The van der Waals surface area contributed by atoms with E-state index in [9.17, 15) is 13.2 Å². The first-order valence-corrected chi connectivity index (χ1v) is 5.94. The lowest BCUT2D eigenvalue weighted by Gasteiger charge is -2.13. The summed E-state index contributed by atoms with van der Waals surface area (Å²) >= 11 is 1.26. The second-order valence-corrected chi connectivity index (χ2v) is 4.57. The van der Waals surface area contributed by atoms with Crippen molar-refractivity contribution >= 4 is 11.3 Å². The van der Waals surface area contributed by atoms with Gasteiger partial charge in [0, 0.05) is 11.6 Å². The van der Waals surface area contributed by atoms with Crippen molar-refractivity contribution in [3.8, 4) is 5.75 Å². The van der Waals surface area contributed by atoms with Crippen LogP contribution in [0.5, 0.6) is 5.75 Å². The molecule has 0 amide bonds. The van der Waals surface area contributed by atoms with Gasteiger partial charge in [0.1, 0.15) is 11.6 Å². The molecule has 96 valence electrons. The Morgan fingerprint density at radius 2 is 1.83 bits per heavy atom. The van der Waals surface area contributed by atoms with E-state index < -0.39 is 23.5 Å². The van der Waals surface area contributed by atoms with Crippen LogP contribution in [0.4, 0.5) is 13.2 Å². The minimum absolute atomic E-state index is 0.102. The van der Waals surface area contributed by atoms with Crippen LogP contribution in [-0.2, 0) is 0 Å². The number of hydrogen-bond donors (Lipinski definition) is 1. The van der Waals surface area contributed by atoms with Gasteiger partial charge in [-0.15, -0.1) is 11.3 Å². The first kappa shape index (κ1) is 12.9. The molecule has 0 saturated heterocycles. The van der Waals surface area contributed by atoms with E-state index in [2.05, 4.69) is 0 Å². The van der Waals surface area contributed by atoms with Gasteiger partial charge in [-0.1, -0.05) is 0 Å². The smallest absolute Gasteiger partial charge is 0.161 e. The van der Waals surface area contributed by atoms with Crippen molar-refractivity contribution < 1.29 is 17.9 Å². The summed E-state index contributed by atoms with van der Waals surface area (Å²) in [7, 11) is 1.46. The largest absolute Gasteiger partial charge is 0.496 e. The number of halogens is 3. The number of methoxy groups -OCH3 is 1. The van der Waals surface area contributed by atoms with Crippen LogP contribution in [0.25, 0.3) is 0 Å². The van der Waals surface area contributed by atoms with Gasteiger partial charge in [0.25, 0.3) is 0 Å². The Bertz CT molecular complexity index is 570. The summed E-state index contributed by atoms with van der Waals surface area (Å²) in [6, 6.07) is 2.05. The lowest BCUT2D eigenvalue weighted by Crippen LogP contribution is -2.14. The molecule has 1 aromatic carbocycles. The predicted octanol–water partition coefficient (Wildman–Crippen LogP) is 3.22. The number of nitrogens with two attached hydrogens (primary N) is 1. The second-order valence-electron chi connectivity index (χ2n) is 3.62. The van der Waals surface area contributed by atoms with Crippen molar-refractivity contribution in [3.63, 3.8) is 0 Å². The molecule has 0 aliphatic heterocycles. The third-order valence-corrected chi connectivity index (χ3v) is 3.52. The fraction of sp³-hybridized carbons (Fsp3) is 0.167. The standard InChI is InChI=1S/C12H10F3NOS/c1-17-10-2-3-18-12(10)11(16)6-4-8(14)9(15)5-7(6)13/h2-5,11H,16H2,1H3. The molecule has 0 aliphatic carbocycles. The van der Waals surface area contributed by atoms with E-state index in [4.69, 9.17) is 10.5 Å². The van der Waals surface area contributed by atoms with Crippen molar-refractivity contribution in [2.45, 2.75) is 6.04 Å². The Morgan fingerprint density at radius 3 is 2.50 bits per heavy atom. The first-order valence-electron chi connectivity index (χ1n) is 5.06. The molecule has 0 spiro atoms. The van der Waals surface area contributed by atoms with Gasteiger partial charge in [-0.05, 0) is 17.5 Å². The van der Waals surface area contributed by atoms with Crippen molar-refractivity contribution in [2.75, 3.05) is 7.11 Å². The van der Waals surface area contributed by atoms with Gasteiger partial charge in [-0.25, -0.2) is 13.2 Å². The second kappa shape index (κ2) is 4.99. The molecule has 0 aliphatic rings.